The van der Waals surface area contributed by atoms with E-state index in [-0.39, 0.29) is 24.9 Å². The largest absolute Gasteiger partial charge is 0.487 e. The molecule has 1 aliphatic carbocycles. The number of hydrogen-bond acceptors (Lipinski definition) is 2. The molecule has 104 valence electrons. The van der Waals surface area contributed by atoms with Crippen molar-refractivity contribution >= 4 is 5.84 Å². The van der Waals surface area contributed by atoms with Crippen molar-refractivity contribution in [3.63, 3.8) is 0 Å². The van der Waals surface area contributed by atoms with Crippen LogP contribution in [0.5, 0.6) is 5.75 Å². The van der Waals surface area contributed by atoms with Crippen molar-refractivity contribution in [2.45, 2.75) is 19.3 Å². The minimum absolute atomic E-state index is 0.0625. The van der Waals surface area contributed by atoms with Crippen LogP contribution < -0.4 is 10.5 Å². The number of rotatable bonds is 5. The molecular weight excluding hydrogens is 264 g/mol. The molecule has 0 spiro atoms. The lowest BCUT2D eigenvalue weighted by atomic mass is 10.0. The molecule has 0 heterocycles. The smallest absolute Gasteiger partial charge is 0.203 e. The fraction of sp³-hybridized carbons (Fsp3) is 0.417. The predicted octanol–water partition coefficient (Wildman–Crippen LogP) is 2.73. The summed E-state index contributed by atoms with van der Waals surface area (Å²) in [5, 5.41) is 7.18. The van der Waals surface area contributed by atoms with Gasteiger partial charge in [-0.3, -0.25) is 5.41 Å². The van der Waals surface area contributed by atoms with Crippen molar-refractivity contribution in [2.75, 3.05) is 6.61 Å². The van der Waals surface area contributed by atoms with E-state index in [9.17, 15) is 17.6 Å². The molecule has 1 fully saturated rings. The second kappa shape index (κ2) is 4.71. The van der Waals surface area contributed by atoms with E-state index in [4.69, 9.17) is 15.9 Å². The van der Waals surface area contributed by atoms with Gasteiger partial charge in [0.25, 0.3) is 0 Å². The fourth-order valence-electron chi connectivity index (χ4n) is 1.86. The number of halogens is 4. The highest BCUT2D eigenvalue weighted by molar-refractivity contribution is 5.78. The lowest BCUT2D eigenvalue weighted by molar-refractivity contribution is 0.213. The highest BCUT2D eigenvalue weighted by Gasteiger charge is 2.44. The van der Waals surface area contributed by atoms with Crippen LogP contribution in [0.2, 0.25) is 0 Å². The summed E-state index contributed by atoms with van der Waals surface area (Å²) in [5.41, 5.74) is 4.80. The Morgan fingerprint density at radius 3 is 2.16 bits per heavy atom. The van der Waals surface area contributed by atoms with E-state index >= 15 is 0 Å². The van der Waals surface area contributed by atoms with Crippen LogP contribution in [-0.2, 0) is 0 Å². The molecule has 0 atom stereocenters. The Kier molecular flexibility index (Phi) is 3.38. The highest BCUT2D eigenvalue weighted by Crippen LogP contribution is 2.49. The Bertz CT molecular complexity index is 503. The molecular formula is C12H12F4N2O. The second-order valence-electron chi connectivity index (χ2n) is 4.79. The van der Waals surface area contributed by atoms with Crippen molar-refractivity contribution in [1.82, 2.24) is 0 Å². The van der Waals surface area contributed by atoms with E-state index in [0.29, 0.717) is 12.8 Å². The Hall–Kier alpha value is -1.79. The van der Waals surface area contributed by atoms with E-state index in [1.807, 2.05) is 0 Å². The molecule has 1 aromatic rings. The number of amidine groups is 1. The maximum Gasteiger partial charge on any atom is 0.203 e. The molecule has 0 saturated heterocycles. The van der Waals surface area contributed by atoms with Crippen molar-refractivity contribution in [3.8, 4) is 5.75 Å². The van der Waals surface area contributed by atoms with Crippen LogP contribution in [0.1, 0.15) is 19.3 Å². The van der Waals surface area contributed by atoms with Crippen LogP contribution in [0.4, 0.5) is 17.6 Å². The first kappa shape index (κ1) is 13.6. The first-order valence-corrected chi connectivity index (χ1v) is 5.63. The summed E-state index contributed by atoms with van der Waals surface area (Å²) in [6, 6.07) is 0.125. The van der Waals surface area contributed by atoms with E-state index in [2.05, 4.69) is 0 Å². The van der Waals surface area contributed by atoms with Gasteiger partial charge in [-0.1, -0.05) is 0 Å². The van der Waals surface area contributed by atoms with Crippen LogP contribution in [0.25, 0.3) is 0 Å². The van der Waals surface area contributed by atoms with Gasteiger partial charge in [0.2, 0.25) is 11.6 Å². The van der Waals surface area contributed by atoms with E-state index in [0.717, 1.165) is 0 Å². The van der Waals surface area contributed by atoms with Crippen molar-refractivity contribution in [3.05, 3.63) is 29.3 Å². The van der Waals surface area contributed by atoms with Crippen molar-refractivity contribution in [2.24, 2.45) is 11.1 Å². The molecule has 0 amide bonds. The predicted molar refractivity (Wildman–Crippen MR) is 60.0 cm³/mol. The van der Waals surface area contributed by atoms with Crippen LogP contribution in [0, 0.1) is 34.1 Å². The van der Waals surface area contributed by atoms with Gasteiger partial charge in [-0.05, 0) is 12.8 Å². The third kappa shape index (κ3) is 2.80. The van der Waals surface area contributed by atoms with Gasteiger partial charge >= 0.3 is 0 Å². The van der Waals surface area contributed by atoms with Gasteiger partial charge in [0.05, 0.1) is 12.4 Å². The Balaban J connectivity index is 2.14. The molecule has 0 unspecified atom stereocenters. The van der Waals surface area contributed by atoms with Gasteiger partial charge in [0.1, 0.15) is 0 Å². The SMILES string of the molecule is N=C(N)CC1(COc2c(F)c(F)cc(F)c2F)CC1. The number of hydrogen-bond donors (Lipinski definition) is 2. The van der Waals surface area contributed by atoms with Crippen molar-refractivity contribution in [1.29, 1.82) is 5.41 Å². The Labute approximate surface area is 106 Å². The van der Waals surface area contributed by atoms with Crippen molar-refractivity contribution < 1.29 is 22.3 Å². The summed E-state index contributed by atoms with van der Waals surface area (Å²) in [4.78, 5) is 0. The fourth-order valence-corrected chi connectivity index (χ4v) is 1.86. The molecule has 3 nitrogen and oxygen atoms in total. The summed E-state index contributed by atoms with van der Waals surface area (Å²) >= 11 is 0. The summed E-state index contributed by atoms with van der Waals surface area (Å²) < 4.78 is 57.4. The molecule has 1 aromatic carbocycles. The zero-order valence-electron chi connectivity index (χ0n) is 9.90. The second-order valence-corrected chi connectivity index (χ2v) is 4.79. The molecule has 1 saturated carbocycles. The number of benzene rings is 1. The first-order chi connectivity index (χ1) is 8.84. The molecule has 19 heavy (non-hydrogen) atoms. The van der Waals surface area contributed by atoms with Gasteiger partial charge in [0, 0.05) is 17.9 Å². The third-order valence-corrected chi connectivity index (χ3v) is 3.12. The topological polar surface area (TPSA) is 59.1 Å². The molecule has 7 heteroatoms. The van der Waals surface area contributed by atoms with Gasteiger partial charge in [-0.2, -0.15) is 8.78 Å². The quantitative estimate of drug-likeness (QED) is 0.376. The maximum absolute atomic E-state index is 13.3. The number of nitrogens with one attached hydrogen (secondary N) is 1. The maximum atomic E-state index is 13.3. The lowest BCUT2D eigenvalue weighted by Crippen LogP contribution is -2.22. The van der Waals surface area contributed by atoms with Gasteiger partial charge < -0.3 is 10.5 Å². The molecule has 1 aliphatic rings. The van der Waals surface area contributed by atoms with Crippen LogP contribution >= 0.6 is 0 Å². The standard InChI is InChI=1S/C12H12F4N2O/c13-6-3-7(14)10(16)11(9(6)15)19-5-12(1-2-12)4-8(17)18/h3H,1-2,4-5H2,(H3,17,18). The van der Waals surface area contributed by atoms with Gasteiger partial charge in [-0.15, -0.1) is 0 Å². The number of nitrogens with two attached hydrogens (primary N) is 1. The summed E-state index contributed by atoms with van der Waals surface area (Å²) in [6.07, 6.45) is 1.61. The molecule has 3 N–H and O–H groups in total. The minimum atomic E-state index is -1.56. The van der Waals surface area contributed by atoms with E-state index in [1.54, 1.807) is 0 Å². The zero-order valence-corrected chi connectivity index (χ0v) is 9.90. The minimum Gasteiger partial charge on any atom is -0.487 e. The Morgan fingerprint density at radius 2 is 1.74 bits per heavy atom. The summed E-state index contributed by atoms with van der Waals surface area (Å²) in [7, 11) is 0. The van der Waals surface area contributed by atoms with Crippen LogP contribution in [0.15, 0.2) is 6.07 Å². The monoisotopic (exact) mass is 276 g/mol. The van der Waals surface area contributed by atoms with Crippen LogP contribution in [-0.4, -0.2) is 12.4 Å². The molecule has 2 rings (SSSR count). The van der Waals surface area contributed by atoms with Gasteiger partial charge in [-0.25, -0.2) is 8.78 Å². The first-order valence-electron chi connectivity index (χ1n) is 5.63. The zero-order chi connectivity index (χ0) is 14.2. The van der Waals surface area contributed by atoms with E-state index in [1.165, 1.54) is 0 Å². The molecule has 0 aliphatic heterocycles. The third-order valence-electron chi connectivity index (χ3n) is 3.12. The lowest BCUT2D eigenvalue weighted by Gasteiger charge is -2.16. The number of ether oxygens (including phenoxy) is 1. The molecule has 0 radical (unpaired) electrons. The van der Waals surface area contributed by atoms with Gasteiger partial charge in [0.15, 0.2) is 17.4 Å². The highest BCUT2D eigenvalue weighted by atomic mass is 19.2. The average Bonchev–Trinajstić information content (AvgIpc) is 3.06. The molecule has 0 aromatic heterocycles. The van der Waals surface area contributed by atoms with Crippen LogP contribution in [0.3, 0.4) is 0 Å². The molecule has 0 bridgehead atoms. The van der Waals surface area contributed by atoms with E-state index < -0.39 is 34.4 Å². The average molecular weight is 276 g/mol. The summed E-state index contributed by atoms with van der Waals surface area (Å²) in [5.74, 6) is -7.26. The summed E-state index contributed by atoms with van der Waals surface area (Å²) in [6.45, 7) is -0.136. The Morgan fingerprint density at radius 1 is 1.21 bits per heavy atom. The normalized spacial score (nSPS) is 16.2.